The molecule has 1 unspecified atom stereocenters. The number of nitrogens with zero attached hydrogens (tertiary/aromatic N) is 2. The molecule has 0 aliphatic carbocycles. The Morgan fingerprint density at radius 2 is 2.07 bits per heavy atom. The molecule has 7 heteroatoms. The van der Waals surface area contributed by atoms with Crippen molar-refractivity contribution in [2.24, 2.45) is 0 Å². The van der Waals surface area contributed by atoms with Crippen molar-refractivity contribution >= 4 is 23.1 Å². The summed E-state index contributed by atoms with van der Waals surface area (Å²) < 4.78 is 38.2. The highest BCUT2D eigenvalue weighted by Gasteiger charge is 2.30. The van der Waals surface area contributed by atoms with Crippen LogP contribution in [0, 0.1) is 11.6 Å². The van der Waals surface area contributed by atoms with E-state index in [1.165, 1.54) is 19.2 Å². The Balaban J connectivity index is 1.72. The van der Waals surface area contributed by atoms with Crippen LogP contribution in [0.4, 0.5) is 14.8 Å². The summed E-state index contributed by atoms with van der Waals surface area (Å²) in [4.78, 5) is 18.1. The van der Waals surface area contributed by atoms with E-state index in [1.807, 2.05) is 4.90 Å². The molecule has 0 radical (unpaired) electrons. The fraction of sp³-hybridized carbons (Fsp3) is 0.300. The Morgan fingerprint density at radius 3 is 2.85 bits per heavy atom. The minimum absolute atomic E-state index is 0.285. The van der Waals surface area contributed by atoms with Gasteiger partial charge < -0.3 is 14.1 Å². The third-order valence-corrected chi connectivity index (χ3v) is 4.87. The molecular formula is C20H18F2N2O3. The smallest absolute Gasteiger partial charge is 0.337 e. The van der Waals surface area contributed by atoms with E-state index >= 15 is 0 Å². The molecule has 140 valence electrons. The van der Waals surface area contributed by atoms with Gasteiger partial charge in [-0.2, -0.15) is 4.98 Å². The summed E-state index contributed by atoms with van der Waals surface area (Å²) in [5.41, 5.74) is 1.85. The Morgan fingerprint density at radius 1 is 1.22 bits per heavy atom. The third kappa shape index (κ3) is 3.25. The van der Waals surface area contributed by atoms with Gasteiger partial charge in [0.2, 0.25) is 0 Å². The summed E-state index contributed by atoms with van der Waals surface area (Å²) in [5, 5.41) is 0. The molecule has 1 aliphatic rings. The fourth-order valence-electron chi connectivity index (χ4n) is 3.54. The first-order valence-corrected chi connectivity index (χ1v) is 8.77. The predicted molar refractivity (Wildman–Crippen MR) is 95.6 cm³/mol. The molecule has 4 rings (SSSR count). The Labute approximate surface area is 154 Å². The van der Waals surface area contributed by atoms with Crippen molar-refractivity contribution in [1.29, 1.82) is 0 Å². The van der Waals surface area contributed by atoms with E-state index in [9.17, 15) is 13.6 Å². The molecule has 1 saturated heterocycles. The minimum atomic E-state index is -0.601. The lowest BCUT2D eigenvalue weighted by atomic mass is 9.95. The van der Waals surface area contributed by atoms with Crippen LogP contribution in [0.25, 0.3) is 11.1 Å². The molecule has 0 N–H and O–H groups in total. The van der Waals surface area contributed by atoms with Gasteiger partial charge in [0, 0.05) is 18.2 Å². The van der Waals surface area contributed by atoms with E-state index in [4.69, 9.17) is 9.15 Å². The number of carbonyl (C=O) groups is 1. The molecular weight excluding hydrogens is 354 g/mol. The molecule has 3 aromatic rings. The van der Waals surface area contributed by atoms with E-state index < -0.39 is 17.6 Å². The molecule has 2 aromatic carbocycles. The van der Waals surface area contributed by atoms with Gasteiger partial charge in [0.15, 0.2) is 5.58 Å². The van der Waals surface area contributed by atoms with E-state index in [1.54, 1.807) is 18.2 Å². The maximum atomic E-state index is 14.3. The Hall–Kier alpha value is -2.96. The number of ether oxygens (including phenoxy) is 1. The second kappa shape index (κ2) is 6.98. The highest BCUT2D eigenvalue weighted by Crippen LogP contribution is 2.37. The van der Waals surface area contributed by atoms with Gasteiger partial charge in [-0.15, -0.1) is 0 Å². The molecule has 5 nitrogen and oxygen atoms in total. The zero-order chi connectivity index (χ0) is 19.0. The first kappa shape index (κ1) is 17.5. The molecule has 1 aromatic heterocycles. The molecule has 0 saturated carbocycles. The summed E-state index contributed by atoms with van der Waals surface area (Å²) in [6.07, 6.45) is 2.57. The van der Waals surface area contributed by atoms with Crippen LogP contribution in [0.1, 0.15) is 41.2 Å². The second-order valence-electron chi connectivity index (χ2n) is 6.54. The van der Waals surface area contributed by atoms with Gasteiger partial charge in [-0.1, -0.05) is 6.07 Å². The first-order valence-electron chi connectivity index (χ1n) is 8.77. The van der Waals surface area contributed by atoms with Gasteiger partial charge in [0.05, 0.1) is 18.7 Å². The van der Waals surface area contributed by atoms with Crippen molar-refractivity contribution in [1.82, 2.24) is 4.98 Å². The maximum absolute atomic E-state index is 14.3. The van der Waals surface area contributed by atoms with E-state index in [0.717, 1.165) is 18.9 Å². The van der Waals surface area contributed by atoms with Crippen molar-refractivity contribution in [3.8, 4) is 0 Å². The monoisotopic (exact) mass is 372 g/mol. The van der Waals surface area contributed by atoms with Crippen LogP contribution in [0.5, 0.6) is 0 Å². The normalized spacial score (nSPS) is 17.3. The lowest BCUT2D eigenvalue weighted by Gasteiger charge is -2.35. The van der Waals surface area contributed by atoms with Crippen molar-refractivity contribution < 1.29 is 22.7 Å². The van der Waals surface area contributed by atoms with Crippen molar-refractivity contribution in [2.45, 2.75) is 25.3 Å². The second-order valence-corrected chi connectivity index (χ2v) is 6.54. The summed E-state index contributed by atoms with van der Waals surface area (Å²) in [6, 6.07) is 8.60. The zero-order valence-electron chi connectivity index (χ0n) is 14.7. The minimum Gasteiger partial charge on any atom is -0.465 e. The summed E-state index contributed by atoms with van der Waals surface area (Å²) >= 11 is 0. The maximum Gasteiger partial charge on any atom is 0.337 e. The van der Waals surface area contributed by atoms with Gasteiger partial charge in [-0.3, -0.25) is 0 Å². The van der Waals surface area contributed by atoms with Crippen molar-refractivity contribution in [3.05, 3.63) is 59.2 Å². The number of fused-ring (bicyclic) bond motifs is 1. The highest BCUT2D eigenvalue weighted by molar-refractivity contribution is 5.93. The molecule has 27 heavy (non-hydrogen) atoms. The molecule has 0 amide bonds. The number of hydrogen-bond donors (Lipinski definition) is 0. The van der Waals surface area contributed by atoms with E-state index in [0.29, 0.717) is 41.2 Å². The largest absolute Gasteiger partial charge is 0.465 e. The number of halogens is 2. The van der Waals surface area contributed by atoms with Crippen molar-refractivity contribution in [2.75, 3.05) is 18.6 Å². The predicted octanol–water partition coefficient (Wildman–Crippen LogP) is 4.62. The average Bonchev–Trinajstić information content (AvgIpc) is 3.10. The standard InChI is InChI=1S/C20H18F2N2O3/c1-26-19(25)12-5-8-16-18(10-12)27-20(23-16)24-9-3-2-4-17(24)14-7-6-13(21)11-15(14)22/h5-8,10-11,17H,2-4,9H2,1H3. The number of anilines is 1. The van der Waals surface area contributed by atoms with Crippen LogP contribution < -0.4 is 4.90 Å². The van der Waals surface area contributed by atoms with Gasteiger partial charge in [-0.05, 0) is 43.5 Å². The Bertz CT molecular complexity index is 1000. The number of benzene rings is 2. The zero-order valence-corrected chi connectivity index (χ0v) is 14.7. The van der Waals surface area contributed by atoms with E-state index in [-0.39, 0.29) is 6.04 Å². The lowest BCUT2D eigenvalue weighted by Crippen LogP contribution is -2.34. The quantitative estimate of drug-likeness (QED) is 0.628. The molecule has 1 atom stereocenters. The summed E-state index contributed by atoms with van der Waals surface area (Å²) in [6.45, 7) is 0.651. The number of oxazole rings is 1. The summed E-state index contributed by atoms with van der Waals surface area (Å²) in [7, 11) is 1.31. The van der Waals surface area contributed by atoms with Crippen LogP contribution in [-0.4, -0.2) is 24.6 Å². The Kier molecular flexibility index (Phi) is 4.51. The number of methoxy groups -OCH3 is 1. The number of piperidine rings is 1. The molecule has 0 spiro atoms. The van der Waals surface area contributed by atoms with Gasteiger partial charge in [-0.25, -0.2) is 13.6 Å². The van der Waals surface area contributed by atoms with Gasteiger partial charge in [0.25, 0.3) is 6.01 Å². The van der Waals surface area contributed by atoms with Crippen LogP contribution in [0.3, 0.4) is 0 Å². The molecule has 1 aliphatic heterocycles. The average molecular weight is 372 g/mol. The van der Waals surface area contributed by atoms with Gasteiger partial charge >= 0.3 is 5.97 Å². The number of aromatic nitrogens is 1. The third-order valence-electron chi connectivity index (χ3n) is 4.87. The van der Waals surface area contributed by atoms with Crippen molar-refractivity contribution in [3.63, 3.8) is 0 Å². The number of carbonyl (C=O) groups excluding carboxylic acids is 1. The van der Waals surface area contributed by atoms with Crippen LogP contribution >= 0.6 is 0 Å². The molecule has 0 bridgehead atoms. The molecule has 1 fully saturated rings. The molecule has 2 heterocycles. The first-order chi connectivity index (χ1) is 13.1. The highest BCUT2D eigenvalue weighted by atomic mass is 19.1. The number of rotatable bonds is 3. The SMILES string of the molecule is COC(=O)c1ccc2nc(N3CCCCC3c3ccc(F)cc3F)oc2c1. The van der Waals surface area contributed by atoms with Gasteiger partial charge in [0.1, 0.15) is 17.2 Å². The topological polar surface area (TPSA) is 55.6 Å². The van der Waals surface area contributed by atoms with Crippen LogP contribution in [0.15, 0.2) is 40.8 Å². The number of hydrogen-bond acceptors (Lipinski definition) is 5. The summed E-state index contributed by atoms with van der Waals surface area (Å²) in [5.74, 6) is -1.63. The lowest BCUT2D eigenvalue weighted by molar-refractivity contribution is 0.0600. The fourth-order valence-corrected chi connectivity index (χ4v) is 3.54. The van der Waals surface area contributed by atoms with Crippen LogP contribution in [-0.2, 0) is 4.74 Å². The number of esters is 1. The van der Waals surface area contributed by atoms with Crippen LogP contribution in [0.2, 0.25) is 0 Å². The van der Waals surface area contributed by atoms with E-state index in [2.05, 4.69) is 4.98 Å².